The van der Waals surface area contributed by atoms with E-state index in [9.17, 15) is 4.79 Å². The zero-order valence-corrected chi connectivity index (χ0v) is 16.1. The van der Waals surface area contributed by atoms with Crippen molar-refractivity contribution in [2.75, 3.05) is 33.9 Å². The molecule has 1 saturated carbocycles. The second kappa shape index (κ2) is 9.26. The van der Waals surface area contributed by atoms with Gasteiger partial charge in [-0.2, -0.15) is 0 Å². The maximum absolute atomic E-state index is 12.5. The lowest BCUT2D eigenvalue weighted by Crippen LogP contribution is -2.42. The molecule has 5 nitrogen and oxygen atoms in total. The number of hydrogen-bond acceptors (Lipinski definition) is 4. The van der Waals surface area contributed by atoms with Crippen LogP contribution in [0.4, 0.5) is 0 Å². The summed E-state index contributed by atoms with van der Waals surface area (Å²) < 4.78 is 10.5. The zero-order chi connectivity index (χ0) is 18.4. The molecule has 144 valence electrons. The van der Waals surface area contributed by atoms with Gasteiger partial charge in [0.25, 0.3) is 5.91 Å². The van der Waals surface area contributed by atoms with Crippen molar-refractivity contribution >= 4 is 5.91 Å². The predicted octanol–water partition coefficient (Wildman–Crippen LogP) is 3.48. The number of hydrogen-bond donors (Lipinski definition) is 1. The number of rotatable bonds is 7. The minimum absolute atomic E-state index is 0.0459. The van der Waals surface area contributed by atoms with Crippen molar-refractivity contribution in [2.45, 2.75) is 51.0 Å². The molecule has 26 heavy (non-hydrogen) atoms. The van der Waals surface area contributed by atoms with Gasteiger partial charge in [0.2, 0.25) is 0 Å². The summed E-state index contributed by atoms with van der Waals surface area (Å²) in [5.74, 6) is 2.03. The van der Waals surface area contributed by atoms with E-state index in [-0.39, 0.29) is 5.91 Å². The maximum Gasteiger partial charge on any atom is 0.251 e. The summed E-state index contributed by atoms with van der Waals surface area (Å²) in [5.41, 5.74) is 0.611. The van der Waals surface area contributed by atoms with E-state index in [4.69, 9.17) is 9.47 Å². The van der Waals surface area contributed by atoms with Crippen LogP contribution < -0.4 is 14.8 Å². The number of methoxy groups -OCH3 is 2. The number of likely N-dealkylation sites (tertiary alicyclic amines) is 1. The largest absolute Gasteiger partial charge is 0.493 e. The molecule has 1 aliphatic heterocycles. The van der Waals surface area contributed by atoms with E-state index < -0.39 is 0 Å². The molecule has 1 amide bonds. The van der Waals surface area contributed by atoms with E-state index in [0.29, 0.717) is 23.1 Å². The molecule has 2 aliphatic rings. The van der Waals surface area contributed by atoms with Crippen LogP contribution in [0.3, 0.4) is 0 Å². The van der Waals surface area contributed by atoms with E-state index in [1.54, 1.807) is 32.4 Å². The highest BCUT2D eigenvalue weighted by Crippen LogP contribution is 2.28. The van der Waals surface area contributed by atoms with Gasteiger partial charge in [-0.1, -0.05) is 19.3 Å². The first-order chi connectivity index (χ1) is 12.7. The minimum atomic E-state index is -0.0459. The Balaban J connectivity index is 1.53. The van der Waals surface area contributed by atoms with Crippen molar-refractivity contribution in [1.82, 2.24) is 10.2 Å². The normalized spacial score (nSPS) is 21.5. The van der Waals surface area contributed by atoms with Gasteiger partial charge >= 0.3 is 0 Å². The quantitative estimate of drug-likeness (QED) is 0.809. The molecule has 1 aromatic rings. The van der Waals surface area contributed by atoms with Gasteiger partial charge in [0, 0.05) is 24.7 Å². The lowest BCUT2D eigenvalue weighted by Gasteiger charge is -2.31. The fraction of sp³-hybridized carbons (Fsp3) is 0.667. The Hall–Kier alpha value is -1.75. The van der Waals surface area contributed by atoms with Gasteiger partial charge in [0.05, 0.1) is 14.2 Å². The Morgan fingerprint density at radius 1 is 1.08 bits per heavy atom. The van der Waals surface area contributed by atoms with Crippen LogP contribution in [0, 0.1) is 5.92 Å². The second-order valence-electron chi connectivity index (χ2n) is 7.57. The van der Waals surface area contributed by atoms with Crippen LogP contribution >= 0.6 is 0 Å². The fourth-order valence-electron chi connectivity index (χ4n) is 4.36. The van der Waals surface area contributed by atoms with Gasteiger partial charge in [-0.3, -0.25) is 9.69 Å². The van der Waals surface area contributed by atoms with Crippen LogP contribution in [0.1, 0.15) is 55.3 Å². The standard InChI is InChI=1S/C21H32N2O3/c1-25-19-11-10-17(13-20(19)26-2)21(24)22-14-18-9-6-12-23(18)15-16-7-4-3-5-8-16/h10-11,13,16,18H,3-9,12,14-15H2,1-2H3,(H,22,24). The van der Waals surface area contributed by atoms with Crippen molar-refractivity contribution in [2.24, 2.45) is 5.92 Å². The van der Waals surface area contributed by atoms with E-state index >= 15 is 0 Å². The Labute approximate surface area is 157 Å². The van der Waals surface area contributed by atoms with E-state index in [2.05, 4.69) is 10.2 Å². The van der Waals surface area contributed by atoms with Gasteiger partial charge in [-0.05, 0) is 56.3 Å². The highest BCUT2D eigenvalue weighted by atomic mass is 16.5. The number of benzene rings is 1. The van der Waals surface area contributed by atoms with Crippen LogP contribution in [-0.4, -0.2) is 50.7 Å². The molecule has 1 heterocycles. The van der Waals surface area contributed by atoms with Gasteiger partial charge in [0.1, 0.15) is 0 Å². The lowest BCUT2D eigenvalue weighted by molar-refractivity contribution is 0.0936. The summed E-state index contributed by atoms with van der Waals surface area (Å²) in [4.78, 5) is 15.1. The summed E-state index contributed by atoms with van der Waals surface area (Å²) in [7, 11) is 3.18. The number of nitrogens with zero attached hydrogens (tertiary/aromatic N) is 1. The predicted molar refractivity (Wildman–Crippen MR) is 103 cm³/mol. The second-order valence-corrected chi connectivity index (χ2v) is 7.57. The zero-order valence-electron chi connectivity index (χ0n) is 16.1. The third-order valence-corrected chi connectivity index (χ3v) is 5.86. The van der Waals surface area contributed by atoms with Crippen LogP contribution in [0.25, 0.3) is 0 Å². The number of nitrogens with one attached hydrogen (secondary N) is 1. The topological polar surface area (TPSA) is 50.8 Å². The van der Waals surface area contributed by atoms with E-state index in [0.717, 1.165) is 12.5 Å². The highest BCUT2D eigenvalue weighted by Gasteiger charge is 2.27. The molecule has 0 bridgehead atoms. The molecule has 3 rings (SSSR count). The van der Waals surface area contributed by atoms with Crippen molar-refractivity contribution in [3.8, 4) is 11.5 Å². The molecule has 1 saturated heterocycles. The number of carbonyl (C=O) groups excluding carboxylic acids is 1. The monoisotopic (exact) mass is 360 g/mol. The average Bonchev–Trinajstić information content (AvgIpc) is 3.13. The van der Waals surface area contributed by atoms with Gasteiger partial charge < -0.3 is 14.8 Å². The number of amides is 1. The molecule has 5 heteroatoms. The third kappa shape index (κ3) is 4.70. The van der Waals surface area contributed by atoms with Gasteiger partial charge in [-0.25, -0.2) is 0 Å². The molecule has 2 fully saturated rings. The lowest BCUT2D eigenvalue weighted by atomic mass is 9.89. The molecule has 1 atom stereocenters. The van der Waals surface area contributed by atoms with Crippen molar-refractivity contribution < 1.29 is 14.3 Å². The smallest absolute Gasteiger partial charge is 0.251 e. The molecule has 1 aromatic carbocycles. The fourth-order valence-corrected chi connectivity index (χ4v) is 4.36. The first kappa shape index (κ1) is 19.0. The SMILES string of the molecule is COc1ccc(C(=O)NCC2CCCN2CC2CCCCC2)cc1OC. The van der Waals surface area contributed by atoms with E-state index in [1.165, 1.54) is 58.0 Å². The molecule has 1 aliphatic carbocycles. The molecular weight excluding hydrogens is 328 g/mol. The maximum atomic E-state index is 12.5. The first-order valence-electron chi connectivity index (χ1n) is 9.95. The number of ether oxygens (including phenoxy) is 2. The minimum Gasteiger partial charge on any atom is -0.493 e. The first-order valence-corrected chi connectivity index (χ1v) is 9.95. The molecule has 1 N–H and O–H groups in total. The van der Waals surface area contributed by atoms with E-state index in [1.807, 2.05) is 0 Å². The average molecular weight is 360 g/mol. The highest BCUT2D eigenvalue weighted by molar-refractivity contribution is 5.94. The summed E-state index contributed by atoms with van der Waals surface area (Å²) in [6.07, 6.45) is 9.35. The molecule has 0 aromatic heterocycles. The summed E-state index contributed by atoms with van der Waals surface area (Å²) >= 11 is 0. The summed E-state index contributed by atoms with van der Waals surface area (Å²) in [5, 5.41) is 3.12. The van der Waals surface area contributed by atoms with Crippen LogP contribution in [0.15, 0.2) is 18.2 Å². The van der Waals surface area contributed by atoms with Crippen molar-refractivity contribution in [3.05, 3.63) is 23.8 Å². The molecule has 1 unspecified atom stereocenters. The Morgan fingerprint density at radius 2 is 1.85 bits per heavy atom. The Morgan fingerprint density at radius 3 is 2.58 bits per heavy atom. The van der Waals surface area contributed by atoms with Crippen LogP contribution in [-0.2, 0) is 0 Å². The van der Waals surface area contributed by atoms with Crippen LogP contribution in [0.5, 0.6) is 11.5 Å². The molecule has 0 radical (unpaired) electrons. The van der Waals surface area contributed by atoms with Gasteiger partial charge in [0.15, 0.2) is 11.5 Å². The summed E-state index contributed by atoms with van der Waals surface area (Å²) in [6.45, 7) is 3.10. The Kier molecular flexibility index (Phi) is 6.78. The van der Waals surface area contributed by atoms with Crippen LogP contribution in [0.2, 0.25) is 0 Å². The summed E-state index contributed by atoms with van der Waals surface area (Å²) in [6, 6.07) is 5.77. The van der Waals surface area contributed by atoms with Crippen molar-refractivity contribution in [1.29, 1.82) is 0 Å². The van der Waals surface area contributed by atoms with Gasteiger partial charge in [-0.15, -0.1) is 0 Å². The molecule has 0 spiro atoms. The number of carbonyl (C=O) groups is 1. The molecular formula is C21H32N2O3. The Bertz CT molecular complexity index is 599. The third-order valence-electron chi connectivity index (χ3n) is 5.86. The van der Waals surface area contributed by atoms with Crippen molar-refractivity contribution in [3.63, 3.8) is 0 Å².